The zero-order chi connectivity index (χ0) is 35.6. The fourth-order valence-corrected chi connectivity index (χ4v) is 3.06. The first-order valence-corrected chi connectivity index (χ1v) is 12.5. The molecule has 2 aromatic rings. The van der Waals surface area contributed by atoms with Gasteiger partial charge in [0.1, 0.15) is 5.33 Å². The van der Waals surface area contributed by atoms with Crippen molar-refractivity contribution >= 4 is 33.8 Å². The molecule has 0 fully saturated rings. The van der Waals surface area contributed by atoms with Crippen LogP contribution in [0.4, 0.5) is 52.7 Å². The molecule has 0 aliphatic carbocycles. The first-order chi connectivity index (χ1) is 20.2. The third-order valence-electron chi connectivity index (χ3n) is 4.77. The number of nitrogens with two attached hydrogens (primary N) is 1. The maximum Gasteiger partial charge on any atom is 0.416 e. The van der Waals surface area contributed by atoms with Crippen LogP contribution < -0.4 is 5.73 Å². The molecule has 0 aromatic heterocycles. The van der Waals surface area contributed by atoms with E-state index in [4.69, 9.17) is 21.1 Å². The van der Waals surface area contributed by atoms with Crippen LogP contribution in [0.2, 0.25) is 0 Å². The van der Waals surface area contributed by atoms with E-state index in [0.29, 0.717) is 29.2 Å². The normalized spacial score (nSPS) is 12.1. The molecule has 254 valence electrons. The van der Waals surface area contributed by atoms with Gasteiger partial charge in [0.15, 0.2) is 0 Å². The van der Waals surface area contributed by atoms with Gasteiger partial charge in [0.2, 0.25) is 0 Å². The molecule has 21 heteroatoms. The number of halogens is 13. The van der Waals surface area contributed by atoms with Crippen LogP contribution in [0, 0.1) is 0 Å². The summed E-state index contributed by atoms with van der Waals surface area (Å²) in [6, 6.07) is 2.06. The van der Waals surface area contributed by atoms with Crippen molar-refractivity contribution in [1.29, 1.82) is 0 Å². The molecule has 0 heterocycles. The topological polar surface area (TPSA) is 141 Å². The molecule has 8 nitrogen and oxygen atoms in total. The van der Waals surface area contributed by atoms with Crippen LogP contribution in [-0.2, 0) is 52.2 Å². The predicted octanol–water partition coefficient (Wildman–Crippen LogP) is 6.34. The van der Waals surface area contributed by atoms with E-state index in [9.17, 15) is 67.1 Å². The quantitative estimate of drug-likeness (QED) is 0.182. The van der Waals surface area contributed by atoms with E-state index in [1.807, 2.05) is 0 Å². The van der Waals surface area contributed by atoms with Crippen LogP contribution in [0.5, 0.6) is 0 Å². The summed E-state index contributed by atoms with van der Waals surface area (Å²) in [7, 11) is 0. The second kappa shape index (κ2) is 16.6. The summed E-state index contributed by atoms with van der Waals surface area (Å²) < 4.78 is 150. The molecule has 0 bridgehead atoms. The number of carboxylic acid groups (broad SMARTS) is 3. The molecule has 0 radical (unpaired) electrons. The zero-order valence-electron chi connectivity index (χ0n) is 22.0. The lowest BCUT2D eigenvalue weighted by atomic mass is 10.0. The highest BCUT2D eigenvalue weighted by atomic mass is 79.9. The fraction of sp³-hybridized carbons (Fsp3) is 0.375. The van der Waals surface area contributed by atoms with Crippen molar-refractivity contribution in [2.45, 2.75) is 37.8 Å². The Balaban J connectivity index is 0.000000790. The Bertz CT molecular complexity index is 1230. The Labute approximate surface area is 253 Å². The Morgan fingerprint density at radius 3 is 1.04 bits per heavy atom. The van der Waals surface area contributed by atoms with Crippen molar-refractivity contribution in [2.75, 3.05) is 18.4 Å². The molecule has 0 aliphatic rings. The van der Waals surface area contributed by atoms with Crippen LogP contribution in [0.1, 0.15) is 33.4 Å². The molecule has 2 rings (SSSR count). The number of alkyl halides is 13. The van der Waals surface area contributed by atoms with E-state index in [1.54, 1.807) is 0 Å². The minimum atomic E-state index is -5.04. The van der Waals surface area contributed by atoms with E-state index in [1.165, 1.54) is 0 Å². The minimum Gasteiger partial charge on any atom is -0.481 e. The lowest BCUT2D eigenvalue weighted by molar-refractivity contribution is -0.145. The number of rotatable bonds is 8. The van der Waals surface area contributed by atoms with Gasteiger partial charge in [-0.2, -0.15) is 52.7 Å². The van der Waals surface area contributed by atoms with Gasteiger partial charge in [0.25, 0.3) is 0 Å². The molecule has 2 aromatic carbocycles. The average Bonchev–Trinajstić information content (AvgIpc) is 2.86. The van der Waals surface area contributed by atoms with Gasteiger partial charge in [0.05, 0.1) is 35.3 Å². The highest BCUT2D eigenvalue weighted by Crippen LogP contribution is 2.37. The summed E-state index contributed by atoms with van der Waals surface area (Å²) in [6.45, 7) is -2.80. The maximum atomic E-state index is 12.7. The van der Waals surface area contributed by atoms with Crippen molar-refractivity contribution in [3.8, 4) is 0 Å². The highest BCUT2D eigenvalue weighted by molar-refractivity contribution is 9.09. The van der Waals surface area contributed by atoms with Crippen LogP contribution in [0.15, 0.2) is 36.4 Å². The highest BCUT2D eigenvalue weighted by Gasteiger charge is 2.38. The smallest absolute Gasteiger partial charge is 0.416 e. The molecule has 45 heavy (non-hydrogen) atoms. The van der Waals surface area contributed by atoms with Gasteiger partial charge in [0, 0.05) is 13.1 Å². The van der Waals surface area contributed by atoms with Gasteiger partial charge in [-0.3, -0.25) is 19.3 Å². The number of hydrogen-bond acceptors (Lipinski definition) is 5. The molecular formula is C24H21BrF12N2O6. The van der Waals surface area contributed by atoms with Gasteiger partial charge >= 0.3 is 42.6 Å². The van der Waals surface area contributed by atoms with Gasteiger partial charge in [-0.05, 0) is 47.5 Å². The van der Waals surface area contributed by atoms with E-state index < -0.39 is 90.1 Å². The standard InChI is InChI=1S/C13H11F6NO4.C9H7F6N.C2H3BrO2/c14-12(15,16)8-1-7(2-9(3-8)13(17,18)19)4-20(5-10(21)22)6-11(23)24;10-8(11,12)6-1-5(4-16)2-7(3-6)9(13,14)15;3-1-2(4)5/h1-3H,4-6H2,(H,21,22)(H,23,24);1-3H,4,16H2;1H2,(H,4,5). The second-order valence-corrected chi connectivity index (χ2v) is 9.05. The van der Waals surface area contributed by atoms with Crippen molar-refractivity contribution in [1.82, 2.24) is 4.90 Å². The molecule has 5 N–H and O–H groups in total. The number of carbonyl (C=O) groups is 3. The fourth-order valence-electron chi connectivity index (χ4n) is 3.06. The number of nitrogens with zero attached hydrogens (tertiary/aromatic N) is 1. The largest absolute Gasteiger partial charge is 0.481 e. The summed E-state index contributed by atoms with van der Waals surface area (Å²) in [5.41, 5.74) is -1.47. The molecule has 0 aliphatic heterocycles. The number of carboxylic acids is 3. The van der Waals surface area contributed by atoms with Gasteiger partial charge in [-0.1, -0.05) is 15.9 Å². The third kappa shape index (κ3) is 16.3. The summed E-state index contributed by atoms with van der Waals surface area (Å²) in [5, 5.41) is 25.0. The lowest BCUT2D eigenvalue weighted by Gasteiger charge is -2.20. The first kappa shape index (κ1) is 41.4. The molecule has 0 unspecified atom stereocenters. The van der Waals surface area contributed by atoms with E-state index in [2.05, 4.69) is 15.9 Å². The predicted molar refractivity (Wildman–Crippen MR) is 133 cm³/mol. The summed E-state index contributed by atoms with van der Waals surface area (Å²) in [5.74, 6) is -3.77. The van der Waals surface area contributed by atoms with Crippen LogP contribution in [0.25, 0.3) is 0 Å². The minimum absolute atomic E-state index is 0.0347. The monoisotopic (exact) mass is 740 g/mol. The third-order valence-corrected chi connectivity index (χ3v) is 5.25. The van der Waals surface area contributed by atoms with Gasteiger partial charge in [-0.15, -0.1) is 0 Å². The van der Waals surface area contributed by atoms with E-state index in [0.717, 1.165) is 0 Å². The van der Waals surface area contributed by atoms with Gasteiger partial charge in [-0.25, -0.2) is 0 Å². The van der Waals surface area contributed by atoms with Crippen LogP contribution in [0.3, 0.4) is 0 Å². The molecule has 0 saturated heterocycles. The second-order valence-electron chi connectivity index (χ2n) is 8.49. The zero-order valence-corrected chi connectivity index (χ0v) is 23.6. The number of hydrogen-bond donors (Lipinski definition) is 4. The number of benzene rings is 2. The van der Waals surface area contributed by atoms with Crippen molar-refractivity contribution in [3.63, 3.8) is 0 Å². The summed E-state index contributed by atoms with van der Waals surface area (Å²) >= 11 is 2.71. The maximum absolute atomic E-state index is 12.7. The van der Waals surface area contributed by atoms with E-state index in [-0.39, 0.29) is 29.6 Å². The van der Waals surface area contributed by atoms with Crippen molar-refractivity contribution in [2.24, 2.45) is 5.73 Å². The summed E-state index contributed by atoms with van der Waals surface area (Å²) in [4.78, 5) is 31.3. The van der Waals surface area contributed by atoms with Gasteiger partial charge < -0.3 is 21.1 Å². The molecule has 0 spiro atoms. The van der Waals surface area contributed by atoms with Crippen molar-refractivity contribution < 1.29 is 82.4 Å². The van der Waals surface area contributed by atoms with Crippen LogP contribution in [-0.4, -0.2) is 56.5 Å². The molecule has 0 saturated carbocycles. The number of aliphatic carboxylic acids is 3. The van der Waals surface area contributed by atoms with E-state index >= 15 is 0 Å². The molecular weight excluding hydrogens is 720 g/mol. The SMILES string of the molecule is NCc1cc(C(F)(F)F)cc(C(F)(F)F)c1.O=C(O)CBr.O=C(O)CN(CC(=O)O)Cc1cc(C(F)(F)F)cc(C(F)(F)F)c1. The summed E-state index contributed by atoms with van der Waals surface area (Å²) in [6.07, 6.45) is -19.7. The van der Waals surface area contributed by atoms with Crippen molar-refractivity contribution in [3.05, 3.63) is 69.8 Å². The Morgan fingerprint density at radius 2 is 0.844 bits per heavy atom. The molecule has 0 atom stereocenters. The lowest BCUT2D eigenvalue weighted by Crippen LogP contribution is -2.34. The van der Waals surface area contributed by atoms with Crippen LogP contribution >= 0.6 is 15.9 Å². The Kier molecular flexibility index (Phi) is 15.3. The molecule has 0 amide bonds. The Hall–Kier alpha value is -3.59. The average molecular weight is 741 g/mol. The Morgan fingerprint density at radius 1 is 0.578 bits per heavy atom. The first-order valence-electron chi connectivity index (χ1n) is 11.4.